The van der Waals surface area contributed by atoms with Crippen molar-refractivity contribution in [1.29, 1.82) is 0 Å². The summed E-state index contributed by atoms with van der Waals surface area (Å²) in [4.78, 5) is 20.7. The lowest BCUT2D eigenvalue weighted by Crippen LogP contribution is -2.49. The minimum atomic E-state index is -4.34. The lowest BCUT2D eigenvalue weighted by Gasteiger charge is -2.27. The van der Waals surface area contributed by atoms with E-state index in [4.69, 9.17) is 5.11 Å². The van der Waals surface area contributed by atoms with Crippen molar-refractivity contribution in [1.82, 2.24) is 4.72 Å². The molecular formula is C12H16N2O6S. The number of para-hydroxylation sites is 1. The fourth-order valence-electron chi connectivity index (χ4n) is 1.65. The van der Waals surface area contributed by atoms with Crippen molar-refractivity contribution in [3.8, 4) is 0 Å². The van der Waals surface area contributed by atoms with Crippen LogP contribution in [0.1, 0.15) is 20.8 Å². The molecule has 0 heterocycles. The zero-order chi connectivity index (χ0) is 16.4. The van der Waals surface area contributed by atoms with Gasteiger partial charge in [0.25, 0.3) is 5.69 Å². The summed E-state index contributed by atoms with van der Waals surface area (Å²) >= 11 is 0. The van der Waals surface area contributed by atoms with Crippen molar-refractivity contribution >= 4 is 21.7 Å². The quantitative estimate of drug-likeness (QED) is 0.624. The van der Waals surface area contributed by atoms with Gasteiger partial charge in [0.15, 0.2) is 4.90 Å². The van der Waals surface area contributed by atoms with Crippen LogP contribution in [-0.2, 0) is 14.8 Å². The molecule has 0 saturated carbocycles. The van der Waals surface area contributed by atoms with Crippen LogP contribution in [0.25, 0.3) is 0 Å². The van der Waals surface area contributed by atoms with E-state index in [0.29, 0.717) is 0 Å². The van der Waals surface area contributed by atoms with E-state index in [2.05, 4.69) is 0 Å². The molecule has 1 atom stereocenters. The van der Waals surface area contributed by atoms with Crippen LogP contribution in [0.5, 0.6) is 0 Å². The smallest absolute Gasteiger partial charge is 0.322 e. The molecule has 0 aliphatic rings. The molecule has 116 valence electrons. The van der Waals surface area contributed by atoms with Crippen molar-refractivity contribution in [2.24, 2.45) is 5.41 Å². The molecule has 2 N–H and O–H groups in total. The van der Waals surface area contributed by atoms with E-state index >= 15 is 0 Å². The molecule has 9 heteroatoms. The Hall–Kier alpha value is -2.00. The van der Waals surface area contributed by atoms with E-state index < -0.39 is 43.0 Å². The Morgan fingerprint density at radius 2 is 1.86 bits per heavy atom. The minimum Gasteiger partial charge on any atom is -0.480 e. The summed E-state index contributed by atoms with van der Waals surface area (Å²) in [7, 11) is -4.34. The summed E-state index contributed by atoms with van der Waals surface area (Å²) in [6, 6.07) is 3.34. The fourth-order valence-corrected chi connectivity index (χ4v) is 3.22. The monoisotopic (exact) mass is 316 g/mol. The van der Waals surface area contributed by atoms with E-state index in [-0.39, 0.29) is 0 Å². The first-order valence-corrected chi connectivity index (χ1v) is 7.43. The summed E-state index contributed by atoms with van der Waals surface area (Å²) in [5.41, 5.74) is -1.51. The van der Waals surface area contributed by atoms with Crippen molar-refractivity contribution in [2.75, 3.05) is 0 Å². The number of hydrogen-bond donors (Lipinski definition) is 2. The van der Waals surface area contributed by atoms with Crippen LogP contribution in [-0.4, -0.2) is 30.5 Å². The van der Waals surface area contributed by atoms with Gasteiger partial charge in [0.1, 0.15) is 6.04 Å². The maximum absolute atomic E-state index is 12.2. The molecule has 8 nitrogen and oxygen atoms in total. The molecule has 1 unspecified atom stereocenters. The Labute approximate surface area is 122 Å². The van der Waals surface area contributed by atoms with Gasteiger partial charge in [-0.05, 0) is 11.5 Å². The van der Waals surface area contributed by atoms with Crippen LogP contribution in [0.2, 0.25) is 0 Å². The standard InChI is InChI=1S/C12H16N2O6S/c1-12(2,3)10(11(15)16)13-21(19,20)9-7-5-4-6-8(9)14(17)18/h4-7,10,13H,1-3H3,(H,15,16). The highest BCUT2D eigenvalue weighted by molar-refractivity contribution is 7.89. The molecule has 1 rings (SSSR count). The first-order valence-electron chi connectivity index (χ1n) is 5.95. The van der Waals surface area contributed by atoms with Gasteiger partial charge in [-0.1, -0.05) is 32.9 Å². The molecule has 0 aromatic heterocycles. The Bertz CT molecular complexity index is 663. The molecule has 0 saturated heterocycles. The molecule has 0 aliphatic carbocycles. The van der Waals surface area contributed by atoms with Gasteiger partial charge in [-0.25, -0.2) is 8.42 Å². The molecule has 0 aliphatic heterocycles. The largest absolute Gasteiger partial charge is 0.480 e. The van der Waals surface area contributed by atoms with Crippen molar-refractivity contribution in [2.45, 2.75) is 31.7 Å². The molecule has 0 amide bonds. The summed E-state index contributed by atoms with van der Waals surface area (Å²) in [5.74, 6) is -1.36. The predicted octanol–water partition coefficient (Wildman–Crippen LogP) is 1.37. The highest BCUT2D eigenvalue weighted by Crippen LogP contribution is 2.26. The molecule has 0 radical (unpaired) electrons. The van der Waals surface area contributed by atoms with E-state index in [1.54, 1.807) is 20.8 Å². The van der Waals surface area contributed by atoms with E-state index in [9.17, 15) is 23.3 Å². The van der Waals surface area contributed by atoms with Gasteiger partial charge in [0, 0.05) is 6.07 Å². The van der Waals surface area contributed by atoms with Gasteiger partial charge < -0.3 is 5.11 Å². The van der Waals surface area contributed by atoms with Crippen LogP contribution in [0.15, 0.2) is 29.2 Å². The van der Waals surface area contributed by atoms with Crippen LogP contribution in [0, 0.1) is 15.5 Å². The van der Waals surface area contributed by atoms with Crippen LogP contribution in [0.3, 0.4) is 0 Å². The van der Waals surface area contributed by atoms with Crippen LogP contribution < -0.4 is 4.72 Å². The zero-order valence-corrected chi connectivity index (χ0v) is 12.5. The van der Waals surface area contributed by atoms with E-state index in [0.717, 1.165) is 12.1 Å². The first kappa shape index (κ1) is 17.1. The van der Waals surface area contributed by atoms with Crippen molar-refractivity contribution < 1.29 is 23.2 Å². The lowest BCUT2D eigenvalue weighted by molar-refractivity contribution is -0.387. The molecule has 21 heavy (non-hydrogen) atoms. The predicted molar refractivity (Wildman–Crippen MR) is 74.3 cm³/mol. The second-order valence-electron chi connectivity index (χ2n) is 5.48. The second-order valence-corrected chi connectivity index (χ2v) is 7.17. The van der Waals surface area contributed by atoms with Gasteiger partial charge in [0.05, 0.1) is 4.92 Å². The molecular weight excluding hydrogens is 300 g/mol. The van der Waals surface area contributed by atoms with E-state index in [1.165, 1.54) is 12.1 Å². The van der Waals surface area contributed by atoms with Gasteiger partial charge in [-0.15, -0.1) is 0 Å². The number of aliphatic carboxylic acids is 1. The number of nitrogens with zero attached hydrogens (tertiary/aromatic N) is 1. The third-order valence-corrected chi connectivity index (χ3v) is 4.21. The third-order valence-electron chi connectivity index (χ3n) is 2.74. The van der Waals surface area contributed by atoms with Gasteiger partial charge in [-0.2, -0.15) is 4.72 Å². The average Bonchev–Trinajstić information content (AvgIpc) is 2.34. The van der Waals surface area contributed by atoms with E-state index in [1.807, 2.05) is 4.72 Å². The van der Waals surface area contributed by atoms with Gasteiger partial charge in [-0.3, -0.25) is 14.9 Å². The Morgan fingerprint density at radius 3 is 2.29 bits per heavy atom. The number of sulfonamides is 1. The average molecular weight is 316 g/mol. The fraction of sp³-hybridized carbons (Fsp3) is 0.417. The maximum Gasteiger partial charge on any atom is 0.322 e. The third kappa shape index (κ3) is 3.99. The molecule has 1 aromatic rings. The van der Waals surface area contributed by atoms with Gasteiger partial charge in [0.2, 0.25) is 10.0 Å². The maximum atomic E-state index is 12.2. The molecule has 0 spiro atoms. The number of hydrogen-bond acceptors (Lipinski definition) is 5. The van der Waals surface area contributed by atoms with Crippen molar-refractivity contribution in [3.05, 3.63) is 34.4 Å². The summed E-state index contributed by atoms with van der Waals surface area (Å²) in [6.07, 6.45) is 0. The highest BCUT2D eigenvalue weighted by Gasteiger charge is 2.37. The lowest BCUT2D eigenvalue weighted by atomic mass is 9.88. The zero-order valence-electron chi connectivity index (χ0n) is 11.7. The molecule has 0 bridgehead atoms. The topological polar surface area (TPSA) is 127 Å². The number of nitrogens with one attached hydrogen (secondary N) is 1. The number of benzene rings is 1. The number of nitro groups is 1. The number of carbonyl (C=O) groups is 1. The number of carboxylic acids is 1. The normalized spacial score (nSPS) is 13.7. The number of nitro benzene ring substituents is 1. The summed E-state index contributed by atoms with van der Waals surface area (Å²) < 4.78 is 26.5. The highest BCUT2D eigenvalue weighted by atomic mass is 32.2. The Morgan fingerprint density at radius 1 is 1.33 bits per heavy atom. The minimum absolute atomic E-state index is 0.564. The second kappa shape index (κ2) is 5.78. The SMILES string of the molecule is CC(C)(C)C(NS(=O)(=O)c1ccccc1[N+](=O)[O-])C(=O)O. The van der Waals surface area contributed by atoms with Crippen LogP contribution in [0.4, 0.5) is 5.69 Å². The summed E-state index contributed by atoms with van der Waals surface area (Å²) in [5, 5.41) is 20.0. The first-order chi connectivity index (χ1) is 9.47. The number of carboxylic acid groups (broad SMARTS) is 1. The Kier molecular flexibility index (Phi) is 4.69. The summed E-state index contributed by atoms with van der Waals surface area (Å²) in [6.45, 7) is 4.65. The number of rotatable bonds is 5. The molecule has 0 fully saturated rings. The van der Waals surface area contributed by atoms with Crippen molar-refractivity contribution in [3.63, 3.8) is 0 Å². The molecule has 1 aromatic carbocycles. The van der Waals surface area contributed by atoms with Gasteiger partial charge >= 0.3 is 5.97 Å². The van der Waals surface area contributed by atoms with Crippen LogP contribution >= 0.6 is 0 Å². The Balaban J connectivity index is 3.30.